The molecule has 0 aliphatic carbocycles. The van der Waals surface area contributed by atoms with Gasteiger partial charge in [-0.25, -0.2) is 9.78 Å². The van der Waals surface area contributed by atoms with Crippen molar-refractivity contribution in [2.24, 2.45) is 0 Å². The van der Waals surface area contributed by atoms with Gasteiger partial charge in [0.25, 0.3) is 0 Å². The molecule has 0 bridgehead atoms. The molecule has 2 aromatic carbocycles. The zero-order chi connectivity index (χ0) is 20.6. The van der Waals surface area contributed by atoms with Crippen molar-refractivity contribution in [2.75, 3.05) is 11.9 Å². The molecule has 0 radical (unpaired) electrons. The Bertz CT molecular complexity index is 988. The zero-order valence-electron chi connectivity index (χ0n) is 15.7. The first-order valence-electron chi connectivity index (χ1n) is 8.82. The molecule has 0 unspecified atom stereocenters. The second kappa shape index (κ2) is 10.0. The summed E-state index contributed by atoms with van der Waals surface area (Å²) in [7, 11) is 0. The topological polar surface area (TPSA) is 77.5 Å². The van der Waals surface area contributed by atoms with Crippen LogP contribution in [0.25, 0.3) is 0 Å². The van der Waals surface area contributed by atoms with Gasteiger partial charge in [-0.15, -0.1) is 11.3 Å². The second-order valence-electron chi connectivity index (χ2n) is 6.23. The SMILES string of the molecule is Cc1ccc(NC(=O)Cc2nc(COC(=O)COc3cccc(Cl)c3)cs2)cc1. The first kappa shape index (κ1) is 20.8. The van der Waals surface area contributed by atoms with Gasteiger partial charge in [-0.1, -0.05) is 35.4 Å². The van der Waals surface area contributed by atoms with E-state index >= 15 is 0 Å². The van der Waals surface area contributed by atoms with Crippen LogP contribution >= 0.6 is 22.9 Å². The number of thiazole rings is 1. The number of nitrogens with one attached hydrogen (secondary N) is 1. The van der Waals surface area contributed by atoms with E-state index < -0.39 is 5.97 Å². The van der Waals surface area contributed by atoms with Gasteiger partial charge in [0.15, 0.2) is 6.61 Å². The van der Waals surface area contributed by atoms with Crippen LogP contribution in [0.4, 0.5) is 5.69 Å². The fourth-order valence-corrected chi connectivity index (χ4v) is 3.33. The van der Waals surface area contributed by atoms with E-state index in [2.05, 4.69) is 10.3 Å². The van der Waals surface area contributed by atoms with Crippen molar-refractivity contribution in [1.82, 2.24) is 4.98 Å². The lowest BCUT2D eigenvalue weighted by Crippen LogP contribution is -2.15. The van der Waals surface area contributed by atoms with Crippen molar-refractivity contribution in [1.29, 1.82) is 0 Å². The van der Waals surface area contributed by atoms with Crippen molar-refractivity contribution in [3.05, 3.63) is 75.2 Å². The number of benzene rings is 2. The molecule has 0 atom stereocenters. The van der Waals surface area contributed by atoms with Crippen LogP contribution in [-0.4, -0.2) is 23.5 Å². The molecular weight excluding hydrogens is 412 g/mol. The summed E-state index contributed by atoms with van der Waals surface area (Å²) in [5.74, 6) is -0.178. The minimum Gasteiger partial charge on any atom is -0.482 e. The molecule has 6 nitrogen and oxygen atoms in total. The van der Waals surface area contributed by atoms with E-state index in [1.807, 2.05) is 31.2 Å². The number of nitrogens with zero attached hydrogens (tertiary/aromatic N) is 1. The first-order chi connectivity index (χ1) is 14.0. The Kier molecular flexibility index (Phi) is 7.21. The Morgan fingerprint density at radius 2 is 1.97 bits per heavy atom. The van der Waals surface area contributed by atoms with Crippen molar-refractivity contribution >= 4 is 40.5 Å². The largest absolute Gasteiger partial charge is 0.482 e. The summed E-state index contributed by atoms with van der Waals surface area (Å²) in [6, 6.07) is 14.3. The van der Waals surface area contributed by atoms with Gasteiger partial charge >= 0.3 is 5.97 Å². The highest BCUT2D eigenvalue weighted by Gasteiger charge is 2.11. The Morgan fingerprint density at radius 3 is 2.72 bits per heavy atom. The molecule has 1 aromatic heterocycles. The van der Waals surface area contributed by atoms with E-state index in [4.69, 9.17) is 21.1 Å². The van der Waals surface area contributed by atoms with Crippen LogP contribution in [0.15, 0.2) is 53.9 Å². The third-order valence-electron chi connectivity index (χ3n) is 3.78. The number of amides is 1. The Hall–Kier alpha value is -2.90. The molecule has 0 aliphatic heterocycles. The summed E-state index contributed by atoms with van der Waals surface area (Å²) in [5, 5.41) is 5.77. The number of carbonyl (C=O) groups is 2. The van der Waals surface area contributed by atoms with Crippen molar-refractivity contribution in [3.63, 3.8) is 0 Å². The summed E-state index contributed by atoms with van der Waals surface area (Å²) in [6.07, 6.45) is 0.157. The average Bonchev–Trinajstić information content (AvgIpc) is 3.14. The van der Waals surface area contributed by atoms with E-state index in [1.54, 1.807) is 29.6 Å². The van der Waals surface area contributed by atoms with Gasteiger partial charge in [0, 0.05) is 16.1 Å². The Balaban J connectivity index is 1.41. The molecule has 3 rings (SSSR count). The van der Waals surface area contributed by atoms with Crippen LogP contribution in [0.2, 0.25) is 5.02 Å². The van der Waals surface area contributed by atoms with E-state index in [9.17, 15) is 9.59 Å². The van der Waals surface area contributed by atoms with Gasteiger partial charge in [0.1, 0.15) is 17.4 Å². The van der Waals surface area contributed by atoms with E-state index in [-0.39, 0.29) is 25.5 Å². The van der Waals surface area contributed by atoms with Gasteiger partial charge in [-0.3, -0.25) is 4.79 Å². The number of aryl methyl sites for hydroxylation is 1. The smallest absolute Gasteiger partial charge is 0.344 e. The molecule has 29 heavy (non-hydrogen) atoms. The highest BCUT2D eigenvalue weighted by molar-refractivity contribution is 7.09. The van der Waals surface area contributed by atoms with Gasteiger partial charge in [-0.2, -0.15) is 0 Å². The molecule has 1 heterocycles. The predicted molar refractivity (Wildman–Crippen MR) is 112 cm³/mol. The number of hydrogen-bond donors (Lipinski definition) is 1. The highest BCUT2D eigenvalue weighted by atomic mass is 35.5. The summed E-state index contributed by atoms with van der Waals surface area (Å²) >= 11 is 7.20. The maximum absolute atomic E-state index is 12.1. The van der Waals surface area contributed by atoms with Gasteiger partial charge in [0.05, 0.1) is 12.1 Å². The predicted octanol–water partition coefficient (Wildman–Crippen LogP) is 4.41. The minimum atomic E-state index is -0.517. The second-order valence-corrected chi connectivity index (χ2v) is 7.61. The molecular formula is C21H19ClN2O4S. The van der Waals surface area contributed by atoms with E-state index in [0.717, 1.165) is 11.3 Å². The lowest BCUT2D eigenvalue weighted by atomic mass is 10.2. The molecule has 150 valence electrons. The fourth-order valence-electron chi connectivity index (χ4n) is 2.37. The molecule has 3 aromatic rings. The molecule has 0 saturated heterocycles. The van der Waals surface area contributed by atoms with Crippen LogP contribution < -0.4 is 10.1 Å². The first-order valence-corrected chi connectivity index (χ1v) is 10.1. The maximum Gasteiger partial charge on any atom is 0.344 e. The minimum absolute atomic E-state index is 0.0216. The van der Waals surface area contributed by atoms with E-state index in [0.29, 0.717) is 21.5 Å². The lowest BCUT2D eigenvalue weighted by Gasteiger charge is -2.06. The number of ether oxygens (including phenoxy) is 2. The normalized spacial score (nSPS) is 10.4. The van der Waals surface area contributed by atoms with Crippen molar-refractivity contribution in [3.8, 4) is 5.75 Å². The van der Waals surface area contributed by atoms with Gasteiger partial charge in [0.2, 0.25) is 5.91 Å². The summed E-state index contributed by atoms with van der Waals surface area (Å²) in [4.78, 5) is 28.3. The molecule has 0 fully saturated rings. The summed E-state index contributed by atoms with van der Waals surface area (Å²) < 4.78 is 10.5. The van der Waals surface area contributed by atoms with Gasteiger partial charge < -0.3 is 14.8 Å². The number of hydrogen-bond acceptors (Lipinski definition) is 6. The summed E-state index contributed by atoms with van der Waals surface area (Å²) in [5.41, 5.74) is 2.45. The number of aromatic nitrogens is 1. The highest BCUT2D eigenvalue weighted by Crippen LogP contribution is 2.17. The Labute approximate surface area is 177 Å². The number of carbonyl (C=O) groups excluding carboxylic acids is 2. The number of rotatable bonds is 8. The maximum atomic E-state index is 12.1. The number of anilines is 1. The zero-order valence-corrected chi connectivity index (χ0v) is 17.3. The summed E-state index contributed by atoms with van der Waals surface area (Å²) in [6.45, 7) is 1.78. The number of esters is 1. The fraction of sp³-hybridized carbons (Fsp3) is 0.190. The van der Waals surface area contributed by atoms with Crippen LogP contribution in [0.5, 0.6) is 5.75 Å². The standard InChI is InChI=1S/C21H19ClN2O4S/c1-14-5-7-16(8-6-14)23-19(25)10-20-24-17(13-29-20)11-28-21(26)12-27-18-4-2-3-15(22)9-18/h2-9,13H,10-12H2,1H3,(H,23,25). The van der Waals surface area contributed by atoms with Crippen LogP contribution in [0.1, 0.15) is 16.3 Å². The van der Waals surface area contributed by atoms with Gasteiger partial charge in [-0.05, 0) is 37.3 Å². The monoisotopic (exact) mass is 430 g/mol. The Morgan fingerprint density at radius 1 is 1.17 bits per heavy atom. The van der Waals surface area contributed by atoms with Crippen LogP contribution in [-0.2, 0) is 27.4 Å². The van der Waals surface area contributed by atoms with Crippen LogP contribution in [0.3, 0.4) is 0 Å². The van der Waals surface area contributed by atoms with Crippen molar-refractivity contribution in [2.45, 2.75) is 20.0 Å². The van der Waals surface area contributed by atoms with Crippen molar-refractivity contribution < 1.29 is 19.1 Å². The molecule has 0 saturated carbocycles. The van der Waals surface area contributed by atoms with Crippen LogP contribution in [0, 0.1) is 6.92 Å². The molecule has 0 spiro atoms. The quantitative estimate of drug-likeness (QED) is 0.535. The molecule has 1 amide bonds. The average molecular weight is 431 g/mol. The number of halogens is 1. The molecule has 8 heteroatoms. The molecule has 1 N–H and O–H groups in total. The van der Waals surface area contributed by atoms with E-state index in [1.165, 1.54) is 11.3 Å². The third kappa shape index (κ3) is 6.89. The lowest BCUT2D eigenvalue weighted by molar-refractivity contribution is -0.147. The molecule has 0 aliphatic rings. The third-order valence-corrected chi connectivity index (χ3v) is 4.91.